The van der Waals surface area contributed by atoms with E-state index in [2.05, 4.69) is 21.9 Å². The van der Waals surface area contributed by atoms with Crippen molar-refractivity contribution in [3.8, 4) is 17.2 Å². The molecule has 0 amide bonds. The number of nitrogens with zero attached hydrogens (tertiary/aromatic N) is 2. The molecule has 1 aliphatic heterocycles. The fraction of sp³-hybridized carbons (Fsp3) is 0.350. The van der Waals surface area contributed by atoms with Crippen LogP contribution in [0, 0.1) is 0 Å². The van der Waals surface area contributed by atoms with Crippen molar-refractivity contribution in [2.24, 2.45) is 0 Å². The maximum Gasteiger partial charge on any atom is 0.176 e. The molecular formula is C20H25ClN2O4. The number of benzene rings is 2. The number of piperazine rings is 1. The Morgan fingerprint density at radius 3 is 2.19 bits per heavy atom. The molecule has 1 heterocycles. The monoisotopic (exact) mass is 392 g/mol. The van der Waals surface area contributed by atoms with Gasteiger partial charge in [0.15, 0.2) is 17.3 Å². The number of phenolic OH excluding ortho intramolecular Hbond substituents is 2. The Bertz CT molecular complexity index is 759. The highest BCUT2D eigenvalue weighted by molar-refractivity contribution is 5.98. The highest BCUT2D eigenvalue weighted by atomic mass is 35.5. The summed E-state index contributed by atoms with van der Waals surface area (Å²) in [7, 11) is 1.66. The van der Waals surface area contributed by atoms with Crippen molar-refractivity contribution in [2.75, 3.05) is 39.8 Å². The second-order valence-electron chi connectivity index (χ2n) is 6.53. The van der Waals surface area contributed by atoms with Crippen LogP contribution in [0.5, 0.6) is 17.2 Å². The van der Waals surface area contributed by atoms with Crippen LogP contribution in [-0.2, 0) is 6.54 Å². The number of halogens is 1. The number of hydrogen-bond donors (Lipinski definition) is 2. The molecule has 0 bridgehead atoms. The minimum atomic E-state index is -0.264. The van der Waals surface area contributed by atoms with E-state index in [1.807, 2.05) is 12.1 Å². The molecule has 0 radical (unpaired) electrons. The van der Waals surface area contributed by atoms with Gasteiger partial charge in [0.2, 0.25) is 0 Å². The zero-order valence-electron chi connectivity index (χ0n) is 15.3. The molecule has 146 valence electrons. The number of Topliss-reactive ketones (excluding diaryl/α,β-unsaturated/α-hetero) is 1. The van der Waals surface area contributed by atoms with Crippen molar-refractivity contribution in [1.82, 2.24) is 9.80 Å². The van der Waals surface area contributed by atoms with E-state index in [0.717, 1.165) is 38.5 Å². The number of methoxy groups -OCH3 is 1. The van der Waals surface area contributed by atoms with Crippen LogP contribution >= 0.6 is 12.4 Å². The molecule has 2 aromatic rings. The number of ketones is 1. The lowest BCUT2D eigenvalue weighted by Gasteiger charge is -2.34. The summed E-state index contributed by atoms with van der Waals surface area (Å²) in [6.45, 7) is 4.66. The molecule has 0 aromatic heterocycles. The van der Waals surface area contributed by atoms with E-state index in [-0.39, 0.29) is 29.7 Å². The van der Waals surface area contributed by atoms with E-state index in [1.54, 1.807) is 7.11 Å². The molecule has 2 aromatic carbocycles. The van der Waals surface area contributed by atoms with E-state index >= 15 is 0 Å². The molecule has 1 aliphatic rings. The first kappa shape index (κ1) is 21.0. The Labute approximate surface area is 165 Å². The van der Waals surface area contributed by atoms with Crippen molar-refractivity contribution >= 4 is 18.2 Å². The Morgan fingerprint density at radius 1 is 0.963 bits per heavy atom. The van der Waals surface area contributed by atoms with Crippen molar-refractivity contribution in [3.05, 3.63) is 53.6 Å². The molecule has 2 N–H and O–H groups in total. The first-order chi connectivity index (χ1) is 12.5. The minimum absolute atomic E-state index is 0. The topological polar surface area (TPSA) is 73.2 Å². The zero-order valence-corrected chi connectivity index (χ0v) is 16.1. The van der Waals surface area contributed by atoms with Gasteiger partial charge in [-0.15, -0.1) is 12.4 Å². The Kier molecular flexibility index (Phi) is 7.47. The number of carbonyl (C=O) groups excluding carboxylic acids is 1. The standard InChI is InChI=1S/C20H24N2O4.ClH/c1-26-17-5-2-15(3-6-17)13-21-8-10-22(11-9-21)14-20(25)16-4-7-18(23)19(24)12-16;/h2-7,12,23-24H,8-11,13-14H2,1H3;1H. The van der Waals surface area contributed by atoms with Crippen molar-refractivity contribution < 1.29 is 19.7 Å². The fourth-order valence-electron chi connectivity index (χ4n) is 3.09. The summed E-state index contributed by atoms with van der Waals surface area (Å²) in [5, 5.41) is 18.9. The Balaban J connectivity index is 0.00000261. The number of phenols is 2. The van der Waals surface area contributed by atoms with Gasteiger partial charge in [-0.1, -0.05) is 12.1 Å². The molecular weight excluding hydrogens is 368 g/mol. The molecule has 0 spiro atoms. The quantitative estimate of drug-likeness (QED) is 0.581. The van der Waals surface area contributed by atoms with Gasteiger partial charge in [-0.25, -0.2) is 0 Å². The van der Waals surface area contributed by atoms with Gasteiger partial charge in [0, 0.05) is 38.3 Å². The van der Waals surface area contributed by atoms with Gasteiger partial charge < -0.3 is 14.9 Å². The van der Waals surface area contributed by atoms with Gasteiger partial charge in [-0.3, -0.25) is 14.6 Å². The zero-order chi connectivity index (χ0) is 18.5. The maximum atomic E-state index is 12.3. The van der Waals surface area contributed by atoms with Gasteiger partial charge in [-0.2, -0.15) is 0 Å². The van der Waals surface area contributed by atoms with E-state index in [4.69, 9.17) is 4.74 Å². The first-order valence-corrected chi connectivity index (χ1v) is 8.68. The number of rotatable bonds is 6. The van der Waals surface area contributed by atoms with Gasteiger partial charge in [0.1, 0.15) is 5.75 Å². The van der Waals surface area contributed by atoms with Crippen molar-refractivity contribution in [1.29, 1.82) is 0 Å². The average molecular weight is 393 g/mol. The lowest BCUT2D eigenvalue weighted by molar-refractivity contribution is 0.0843. The smallest absolute Gasteiger partial charge is 0.176 e. The van der Waals surface area contributed by atoms with E-state index in [9.17, 15) is 15.0 Å². The number of carbonyl (C=O) groups is 1. The lowest BCUT2D eigenvalue weighted by Crippen LogP contribution is -2.47. The molecule has 7 heteroatoms. The first-order valence-electron chi connectivity index (χ1n) is 8.68. The Morgan fingerprint density at radius 2 is 1.59 bits per heavy atom. The fourth-order valence-corrected chi connectivity index (χ4v) is 3.09. The van der Waals surface area contributed by atoms with Crippen molar-refractivity contribution in [3.63, 3.8) is 0 Å². The molecule has 6 nitrogen and oxygen atoms in total. The predicted octanol–water partition coefficient (Wildman–Crippen LogP) is 2.53. The minimum Gasteiger partial charge on any atom is -0.504 e. The molecule has 0 aliphatic carbocycles. The molecule has 0 atom stereocenters. The Hall–Kier alpha value is -2.28. The second-order valence-corrected chi connectivity index (χ2v) is 6.53. The van der Waals surface area contributed by atoms with Gasteiger partial charge in [-0.05, 0) is 35.9 Å². The maximum absolute atomic E-state index is 12.3. The molecule has 3 rings (SSSR count). The van der Waals surface area contributed by atoms with Crippen LogP contribution in [0.25, 0.3) is 0 Å². The summed E-state index contributed by atoms with van der Waals surface area (Å²) >= 11 is 0. The SMILES string of the molecule is COc1ccc(CN2CCN(CC(=O)c3ccc(O)c(O)c3)CC2)cc1.Cl. The van der Waals surface area contributed by atoms with Crippen LogP contribution in [-0.4, -0.2) is 65.6 Å². The number of hydrogen-bond acceptors (Lipinski definition) is 6. The van der Waals surface area contributed by atoms with Crippen LogP contribution < -0.4 is 4.74 Å². The third-order valence-electron chi connectivity index (χ3n) is 4.69. The predicted molar refractivity (Wildman–Crippen MR) is 106 cm³/mol. The van der Waals surface area contributed by atoms with Crippen LogP contribution in [0.4, 0.5) is 0 Å². The average Bonchev–Trinajstić information content (AvgIpc) is 2.66. The summed E-state index contributed by atoms with van der Waals surface area (Å²) in [6.07, 6.45) is 0. The largest absolute Gasteiger partial charge is 0.504 e. The number of ether oxygens (including phenoxy) is 1. The summed E-state index contributed by atoms with van der Waals surface area (Å²) in [4.78, 5) is 16.8. The lowest BCUT2D eigenvalue weighted by atomic mass is 10.1. The van der Waals surface area contributed by atoms with Crippen LogP contribution in [0.1, 0.15) is 15.9 Å². The highest BCUT2D eigenvalue weighted by Crippen LogP contribution is 2.25. The second kappa shape index (κ2) is 9.60. The third-order valence-corrected chi connectivity index (χ3v) is 4.69. The normalized spacial score (nSPS) is 15.1. The molecule has 1 fully saturated rings. The summed E-state index contributed by atoms with van der Waals surface area (Å²) in [5.74, 6) is 0.329. The van der Waals surface area contributed by atoms with Gasteiger partial charge in [0.25, 0.3) is 0 Å². The third kappa shape index (κ3) is 5.60. The summed E-state index contributed by atoms with van der Waals surface area (Å²) in [6, 6.07) is 12.3. The number of aromatic hydroxyl groups is 2. The summed E-state index contributed by atoms with van der Waals surface area (Å²) in [5.41, 5.74) is 1.66. The van der Waals surface area contributed by atoms with E-state index in [0.29, 0.717) is 12.1 Å². The van der Waals surface area contributed by atoms with Crippen LogP contribution in [0.2, 0.25) is 0 Å². The summed E-state index contributed by atoms with van der Waals surface area (Å²) < 4.78 is 5.18. The van der Waals surface area contributed by atoms with Gasteiger partial charge in [0.05, 0.1) is 13.7 Å². The van der Waals surface area contributed by atoms with Crippen LogP contribution in [0.15, 0.2) is 42.5 Å². The van der Waals surface area contributed by atoms with Crippen molar-refractivity contribution in [2.45, 2.75) is 6.54 Å². The molecule has 27 heavy (non-hydrogen) atoms. The molecule has 0 unspecified atom stereocenters. The van der Waals surface area contributed by atoms with Crippen LogP contribution in [0.3, 0.4) is 0 Å². The molecule has 1 saturated heterocycles. The van der Waals surface area contributed by atoms with Gasteiger partial charge >= 0.3 is 0 Å². The highest BCUT2D eigenvalue weighted by Gasteiger charge is 2.20. The van der Waals surface area contributed by atoms with E-state index < -0.39 is 0 Å². The molecule has 0 saturated carbocycles. The van der Waals surface area contributed by atoms with E-state index in [1.165, 1.54) is 23.8 Å².